The van der Waals surface area contributed by atoms with E-state index in [2.05, 4.69) is 0 Å². The average molecular weight is 271 g/mol. The maximum Gasteiger partial charge on any atom is 0.339 e. The molecule has 20 heavy (non-hydrogen) atoms. The van der Waals surface area contributed by atoms with Crippen molar-refractivity contribution >= 4 is 11.7 Å². The van der Waals surface area contributed by atoms with Gasteiger partial charge < -0.3 is 9.47 Å². The van der Waals surface area contributed by atoms with Crippen LogP contribution in [0, 0.1) is 10.1 Å². The van der Waals surface area contributed by atoms with Crippen molar-refractivity contribution in [3.05, 3.63) is 63.7 Å². The molecule has 3 rings (SSSR count). The number of cyclic esters (lactones) is 1. The molecule has 6 heteroatoms. The van der Waals surface area contributed by atoms with Crippen LogP contribution < -0.4 is 4.74 Å². The van der Waals surface area contributed by atoms with E-state index in [9.17, 15) is 14.9 Å². The number of esters is 1. The van der Waals surface area contributed by atoms with E-state index in [0.29, 0.717) is 16.9 Å². The summed E-state index contributed by atoms with van der Waals surface area (Å²) in [6.07, 6.45) is 0. The number of hydrogen-bond donors (Lipinski definition) is 0. The van der Waals surface area contributed by atoms with E-state index in [-0.39, 0.29) is 18.0 Å². The predicted molar refractivity (Wildman–Crippen MR) is 68.7 cm³/mol. The molecule has 0 unspecified atom stereocenters. The maximum absolute atomic E-state index is 11.5. The molecule has 2 aromatic carbocycles. The van der Waals surface area contributed by atoms with Crippen LogP contribution in [0.2, 0.25) is 0 Å². The Bertz CT molecular complexity index is 696. The Kier molecular flexibility index (Phi) is 2.83. The van der Waals surface area contributed by atoms with Gasteiger partial charge in [-0.3, -0.25) is 10.1 Å². The third-order valence-electron chi connectivity index (χ3n) is 2.93. The largest absolute Gasteiger partial charge is 0.457 e. The number of rotatable bonds is 3. The molecule has 0 aromatic heterocycles. The Morgan fingerprint density at radius 1 is 1.20 bits per heavy atom. The molecule has 0 amide bonds. The highest BCUT2D eigenvalue weighted by Crippen LogP contribution is 2.36. The first kappa shape index (κ1) is 12.2. The number of carbonyl (C=O) groups excluding carboxylic acids is 1. The minimum absolute atomic E-state index is 0.0267. The zero-order valence-electron chi connectivity index (χ0n) is 10.2. The van der Waals surface area contributed by atoms with Crippen molar-refractivity contribution in [3.63, 3.8) is 0 Å². The van der Waals surface area contributed by atoms with Crippen LogP contribution in [0.1, 0.15) is 15.9 Å². The van der Waals surface area contributed by atoms with Crippen LogP contribution in [-0.4, -0.2) is 10.9 Å². The van der Waals surface area contributed by atoms with Gasteiger partial charge in [0, 0.05) is 17.7 Å². The summed E-state index contributed by atoms with van der Waals surface area (Å²) in [5, 5.41) is 11.1. The van der Waals surface area contributed by atoms with E-state index in [4.69, 9.17) is 9.47 Å². The summed E-state index contributed by atoms with van der Waals surface area (Å²) >= 11 is 0. The number of ether oxygens (including phenoxy) is 2. The lowest BCUT2D eigenvalue weighted by Crippen LogP contribution is -1.98. The summed E-state index contributed by atoms with van der Waals surface area (Å²) in [7, 11) is 0. The predicted octanol–water partition coefficient (Wildman–Crippen LogP) is 3.06. The van der Waals surface area contributed by atoms with Crippen molar-refractivity contribution in [3.8, 4) is 11.5 Å². The van der Waals surface area contributed by atoms with Crippen molar-refractivity contribution in [2.75, 3.05) is 0 Å². The van der Waals surface area contributed by atoms with Crippen LogP contribution in [0.5, 0.6) is 11.5 Å². The number of nitro groups is 1. The molecular formula is C14H9NO5. The van der Waals surface area contributed by atoms with E-state index in [1.54, 1.807) is 30.3 Å². The first-order valence-electron chi connectivity index (χ1n) is 5.86. The lowest BCUT2D eigenvalue weighted by molar-refractivity contribution is -0.385. The second-order valence-electron chi connectivity index (χ2n) is 4.23. The van der Waals surface area contributed by atoms with Gasteiger partial charge in [0.05, 0.1) is 10.5 Å². The molecule has 0 fully saturated rings. The minimum Gasteiger partial charge on any atom is -0.457 e. The van der Waals surface area contributed by atoms with Gasteiger partial charge in [-0.1, -0.05) is 18.2 Å². The molecular weight excluding hydrogens is 262 g/mol. The number of carbonyl (C=O) groups is 1. The lowest BCUT2D eigenvalue weighted by Gasteiger charge is -2.07. The van der Waals surface area contributed by atoms with E-state index in [0.717, 1.165) is 0 Å². The molecule has 0 radical (unpaired) electrons. The lowest BCUT2D eigenvalue weighted by atomic mass is 10.1. The normalized spacial score (nSPS) is 12.7. The third-order valence-corrected chi connectivity index (χ3v) is 2.93. The van der Waals surface area contributed by atoms with Gasteiger partial charge in [-0.15, -0.1) is 0 Å². The topological polar surface area (TPSA) is 78.7 Å². The molecule has 100 valence electrons. The van der Waals surface area contributed by atoms with Crippen LogP contribution >= 0.6 is 0 Å². The number of nitro benzene ring substituents is 1. The summed E-state index contributed by atoms with van der Waals surface area (Å²) in [6.45, 7) is 0.0562. The van der Waals surface area contributed by atoms with E-state index in [1.807, 2.05) is 0 Å². The van der Waals surface area contributed by atoms with Crippen molar-refractivity contribution in [1.29, 1.82) is 0 Å². The zero-order valence-corrected chi connectivity index (χ0v) is 10.2. The number of nitrogens with zero attached hydrogens (tertiary/aromatic N) is 1. The molecule has 0 bridgehead atoms. The van der Waals surface area contributed by atoms with Crippen LogP contribution in [0.15, 0.2) is 42.5 Å². The van der Waals surface area contributed by atoms with Gasteiger partial charge >= 0.3 is 11.7 Å². The number of para-hydroxylation sites is 1. The van der Waals surface area contributed by atoms with Crippen LogP contribution in [0.3, 0.4) is 0 Å². The van der Waals surface area contributed by atoms with E-state index < -0.39 is 10.9 Å². The monoisotopic (exact) mass is 271 g/mol. The summed E-state index contributed by atoms with van der Waals surface area (Å²) in [4.78, 5) is 22.1. The first-order chi connectivity index (χ1) is 9.65. The minimum atomic E-state index is -0.540. The molecule has 1 aliphatic rings. The summed E-state index contributed by atoms with van der Waals surface area (Å²) in [5.74, 6) is -0.00600. The Hall–Kier alpha value is -2.89. The molecule has 0 saturated carbocycles. The Morgan fingerprint density at radius 3 is 2.65 bits per heavy atom. The quantitative estimate of drug-likeness (QED) is 0.487. The Balaban J connectivity index is 2.07. The molecule has 0 spiro atoms. The molecule has 0 aliphatic carbocycles. The average Bonchev–Trinajstić information content (AvgIpc) is 2.80. The second kappa shape index (κ2) is 4.65. The van der Waals surface area contributed by atoms with E-state index in [1.165, 1.54) is 12.1 Å². The van der Waals surface area contributed by atoms with Gasteiger partial charge in [-0.2, -0.15) is 0 Å². The maximum atomic E-state index is 11.5. The summed E-state index contributed by atoms with van der Waals surface area (Å²) < 4.78 is 10.3. The molecule has 0 atom stereocenters. The second-order valence-corrected chi connectivity index (χ2v) is 4.23. The SMILES string of the molecule is O=C1OCc2cc([N+](=O)[O-])c(Oc3ccccc3)cc21. The van der Waals surface area contributed by atoms with Crippen LogP contribution in [0.4, 0.5) is 5.69 Å². The highest BCUT2D eigenvalue weighted by Gasteiger charge is 2.28. The van der Waals surface area contributed by atoms with Crippen LogP contribution in [-0.2, 0) is 11.3 Å². The fraction of sp³-hybridized carbons (Fsp3) is 0.0714. The Labute approximate surface area is 113 Å². The van der Waals surface area contributed by atoms with Gasteiger partial charge in [0.1, 0.15) is 12.4 Å². The summed E-state index contributed by atoms with van der Waals surface area (Å²) in [5.41, 5.74) is 0.620. The van der Waals surface area contributed by atoms with Crippen molar-refractivity contribution in [2.45, 2.75) is 6.61 Å². The Morgan fingerprint density at radius 2 is 1.95 bits per heavy atom. The summed E-state index contributed by atoms with van der Waals surface area (Å²) in [6, 6.07) is 11.3. The molecule has 2 aromatic rings. The standard InChI is InChI=1S/C14H9NO5/c16-14-11-7-13(20-10-4-2-1-3-5-10)12(15(17)18)6-9(11)8-19-14/h1-7H,8H2. The first-order valence-corrected chi connectivity index (χ1v) is 5.86. The molecule has 1 aliphatic heterocycles. The van der Waals surface area contributed by atoms with E-state index >= 15 is 0 Å². The van der Waals surface area contributed by atoms with Crippen molar-refractivity contribution in [2.24, 2.45) is 0 Å². The molecule has 0 saturated heterocycles. The fourth-order valence-corrected chi connectivity index (χ4v) is 1.98. The van der Waals surface area contributed by atoms with Gasteiger partial charge in [-0.05, 0) is 12.1 Å². The number of hydrogen-bond acceptors (Lipinski definition) is 5. The van der Waals surface area contributed by atoms with Crippen molar-refractivity contribution < 1.29 is 19.2 Å². The van der Waals surface area contributed by atoms with Crippen molar-refractivity contribution in [1.82, 2.24) is 0 Å². The van der Waals surface area contributed by atoms with Gasteiger partial charge in [0.25, 0.3) is 0 Å². The fourth-order valence-electron chi connectivity index (χ4n) is 1.98. The van der Waals surface area contributed by atoms with Gasteiger partial charge in [0.2, 0.25) is 5.75 Å². The molecule has 6 nitrogen and oxygen atoms in total. The van der Waals surface area contributed by atoms with Gasteiger partial charge in [0.15, 0.2) is 0 Å². The number of benzene rings is 2. The number of fused-ring (bicyclic) bond motifs is 1. The highest BCUT2D eigenvalue weighted by molar-refractivity contribution is 5.94. The third kappa shape index (κ3) is 2.07. The molecule has 0 N–H and O–H groups in total. The highest BCUT2D eigenvalue weighted by atomic mass is 16.6. The van der Waals surface area contributed by atoms with Gasteiger partial charge in [-0.25, -0.2) is 4.79 Å². The smallest absolute Gasteiger partial charge is 0.339 e. The molecule has 1 heterocycles. The van der Waals surface area contributed by atoms with Crippen LogP contribution in [0.25, 0.3) is 0 Å². The zero-order chi connectivity index (χ0) is 14.1.